The van der Waals surface area contributed by atoms with Crippen molar-refractivity contribution < 1.29 is 9.59 Å². The summed E-state index contributed by atoms with van der Waals surface area (Å²) in [5.41, 5.74) is 7.06. The molecule has 6 nitrogen and oxygen atoms in total. The largest absolute Gasteiger partial charge is 0.318 e. The number of para-hydroxylation sites is 2. The number of hydrogen-bond donors (Lipinski definition) is 2. The number of rotatable bonds is 5. The summed E-state index contributed by atoms with van der Waals surface area (Å²) in [6.45, 7) is 2.02. The molecule has 0 bridgehead atoms. The Hall–Kier alpha value is -2.83. The highest BCUT2D eigenvalue weighted by Gasteiger charge is 2.12. The summed E-state index contributed by atoms with van der Waals surface area (Å²) < 4.78 is 1.83. The van der Waals surface area contributed by atoms with Gasteiger partial charge >= 0.3 is 0 Å². The van der Waals surface area contributed by atoms with E-state index in [0.717, 1.165) is 16.9 Å². The predicted octanol–water partition coefficient (Wildman–Crippen LogP) is 3.77. The molecule has 0 atom stereocenters. The topological polar surface area (TPSA) is 76.0 Å². The maximum Gasteiger partial charge on any atom is 0.262 e. The van der Waals surface area contributed by atoms with Crippen molar-refractivity contribution in [1.29, 1.82) is 0 Å². The summed E-state index contributed by atoms with van der Waals surface area (Å²) in [7, 11) is 0. The molecule has 0 aliphatic rings. The number of hydrogen-bond acceptors (Lipinski definition) is 3. The Balaban J connectivity index is 1.61. The predicted molar refractivity (Wildman–Crippen MR) is 111 cm³/mol. The minimum atomic E-state index is -0.490. The highest BCUT2D eigenvalue weighted by molar-refractivity contribution is 6.42. The van der Waals surface area contributed by atoms with Crippen LogP contribution in [-0.2, 0) is 22.6 Å². The van der Waals surface area contributed by atoms with Gasteiger partial charge in [0.05, 0.1) is 21.1 Å². The molecule has 0 saturated heterocycles. The molecule has 0 saturated carbocycles. The van der Waals surface area contributed by atoms with Crippen molar-refractivity contribution in [3.8, 4) is 0 Å². The van der Waals surface area contributed by atoms with Crippen LogP contribution in [0, 0.1) is 0 Å². The first-order valence-electron chi connectivity index (χ1n) is 8.64. The van der Waals surface area contributed by atoms with E-state index in [1.807, 2.05) is 35.8 Å². The molecule has 0 radical (unpaired) electrons. The lowest BCUT2D eigenvalue weighted by Crippen LogP contribution is -2.42. The Labute approximate surface area is 172 Å². The Morgan fingerprint density at radius 2 is 1.89 bits per heavy atom. The summed E-state index contributed by atoms with van der Waals surface area (Å²) in [6, 6.07) is 12.7. The van der Waals surface area contributed by atoms with Gasteiger partial charge in [-0.05, 0) is 29.8 Å². The van der Waals surface area contributed by atoms with Crippen LogP contribution in [0.2, 0.25) is 10.0 Å². The molecule has 1 aromatic heterocycles. The smallest absolute Gasteiger partial charge is 0.262 e. The first kappa shape index (κ1) is 19.9. The van der Waals surface area contributed by atoms with Crippen LogP contribution in [0.25, 0.3) is 17.1 Å². The Morgan fingerprint density at radius 3 is 2.68 bits per heavy atom. The normalized spacial score (nSPS) is 11.1. The van der Waals surface area contributed by atoms with Gasteiger partial charge in [-0.15, -0.1) is 0 Å². The second-order valence-corrected chi connectivity index (χ2v) is 6.76. The van der Waals surface area contributed by atoms with Crippen molar-refractivity contribution in [2.24, 2.45) is 0 Å². The number of amides is 2. The zero-order valence-electron chi connectivity index (χ0n) is 15.1. The molecule has 144 valence electrons. The van der Waals surface area contributed by atoms with Crippen molar-refractivity contribution in [1.82, 2.24) is 20.4 Å². The molecule has 0 unspecified atom stereocenters. The molecule has 8 heteroatoms. The van der Waals surface area contributed by atoms with E-state index in [2.05, 4.69) is 15.8 Å². The monoisotopic (exact) mass is 416 g/mol. The SMILES string of the molecule is CCc1nc2ccccc2n1CC(=O)NNC(=O)/C=C/c1cccc(Cl)c1Cl. The summed E-state index contributed by atoms with van der Waals surface area (Å²) in [6.07, 6.45) is 3.48. The zero-order valence-corrected chi connectivity index (χ0v) is 16.6. The lowest BCUT2D eigenvalue weighted by molar-refractivity contribution is -0.127. The molecule has 0 aliphatic carbocycles. The van der Waals surface area contributed by atoms with Crippen molar-refractivity contribution in [2.75, 3.05) is 0 Å². The molecule has 0 spiro atoms. The summed E-state index contributed by atoms with van der Waals surface area (Å²) in [5, 5.41) is 0.758. The number of benzene rings is 2. The first-order valence-corrected chi connectivity index (χ1v) is 9.40. The van der Waals surface area contributed by atoms with E-state index in [0.29, 0.717) is 22.0 Å². The van der Waals surface area contributed by atoms with Crippen molar-refractivity contribution in [3.05, 3.63) is 70.0 Å². The molecule has 2 N–H and O–H groups in total. The van der Waals surface area contributed by atoms with Gasteiger partial charge in [-0.1, -0.05) is 54.4 Å². The van der Waals surface area contributed by atoms with Crippen LogP contribution in [0.1, 0.15) is 18.3 Å². The van der Waals surface area contributed by atoms with E-state index in [-0.39, 0.29) is 12.5 Å². The molecule has 0 fully saturated rings. The molecular formula is C20H18Cl2N4O2. The highest BCUT2D eigenvalue weighted by Crippen LogP contribution is 2.26. The van der Waals surface area contributed by atoms with Crippen molar-refractivity contribution in [3.63, 3.8) is 0 Å². The Morgan fingerprint density at radius 1 is 1.11 bits per heavy atom. The molecule has 2 aromatic carbocycles. The summed E-state index contributed by atoms with van der Waals surface area (Å²) >= 11 is 12.0. The lowest BCUT2D eigenvalue weighted by Gasteiger charge is -2.09. The number of fused-ring (bicyclic) bond motifs is 1. The lowest BCUT2D eigenvalue weighted by atomic mass is 10.2. The van der Waals surface area contributed by atoms with Crippen molar-refractivity contribution >= 4 is 52.1 Å². The van der Waals surface area contributed by atoms with E-state index in [4.69, 9.17) is 23.2 Å². The maximum absolute atomic E-state index is 12.3. The van der Waals surface area contributed by atoms with Crippen LogP contribution < -0.4 is 10.9 Å². The van der Waals surface area contributed by atoms with E-state index >= 15 is 0 Å². The standard InChI is InChI=1S/C20H18Cl2N4O2/c1-2-17-23-15-8-3-4-9-16(15)26(17)12-19(28)25-24-18(27)11-10-13-6-5-7-14(21)20(13)22/h3-11H,2,12H2,1H3,(H,24,27)(H,25,28)/b11-10+. The van der Waals surface area contributed by atoms with Gasteiger partial charge in [-0.25, -0.2) is 4.98 Å². The third-order valence-corrected chi connectivity index (χ3v) is 4.91. The quantitative estimate of drug-likeness (QED) is 0.490. The average Bonchev–Trinajstić information content (AvgIpc) is 3.05. The number of carbonyl (C=O) groups excluding carboxylic acids is 2. The number of aromatic nitrogens is 2. The second kappa shape index (κ2) is 8.91. The average molecular weight is 417 g/mol. The molecule has 3 rings (SSSR count). The molecule has 28 heavy (non-hydrogen) atoms. The first-order chi connectivity index (χ1) is 13.5. The number of carbonyl (C=O) groups is 2. The van der Waals surface area contributed by atoms with Gasteiger partial charge in [0.15, 0.2) is 0 Å². The van der Waals surface area contributed by atoms with Crippen LogP contribution in [0.5, 0.6) is 0 Å². The number of nitrogens with zero attached hydrogens (tertiary/aromatic N) is 2. The van der Waals surface area contributed by atoms with Gasteiger partial charge in [0.2, 0.25) is 0 Å². The molecule has 3 aromatic rings. The summed E-state index contributed by atoms with van der Waals surface area (Å²) in [5.74, 6) is -0.0471. The van der Waals surface area contributed by atoms with Crippen LogP contribution in [-0.4, -0.2) is 21.4 Å². The number of halogens is 2. The van der Waals surface area contributed by atoms with Gasteiger partial charge < -0.3 is 4.57 Å². The third-order valence-electron chi connectivity index (χ3n) is 4.07. The Bertz CT molecular complexity index is 1060. The maximum atomic E-state index is 12.3. The fraction of sp³-hybridized carbons (Fsp3) is 0.150. The van der Waals surface area contributed by atoms with Crippen LogP contribution in [0.4, 0.5) is 0 Å². The van der Waals surface area contributed by atoms with Gasteiger partial charge in [-0.3, -0.25) is 20.4 Å². The molecule has 2 amide bonds. The van der Waals surface area contributed by atoms with Crippen molar-refractivity contribution in [2.45, 2.75) is 19.9 Å². The zero-order chi connectivity index (χ0) is 20.1. The van der Waals surface area contributed by atoms with Gasteiger partial charge in [-0.2, -0.15) is 0 Å². The van der Waals surface area contributed by atoms with E-state index in [1.54, 1.807) is 18.2 Å². The second-order valence-electron chi connectivity index (χ2n) is 5.97. The summed E-state index contributed by atoms with van der Waals surface area (Å²) in [4.78, 5) is 28.7. The fourth-order valence-corrected chi connectivity index (χ4v) is 3.11. The number of aryl methyl sites for hydroxylation is 1. The third kappa shape index (κ3) is 4.52. The van der Waals surface area contributed by atoms with Crippen LogP contribution in [0.15, 0.2) is 48.5 Å². The van der Waals surface area contributed by atoms with Gasteiger partial charge in [0.25, 0.3) is 11.8 Å². The van der Waals surface area contributed by atoms with E-state index in [9.17, 15) is 9.59 Å². The highest BCUT2D eigenvalue weighted by atomic mass is 35.5. The van der Waals surface area contributed by atoms with E-state index in [1.165, 1.54) is 12.2 Å². The van der Waals surface area contributed by atoms with Crippen LogP contribution in [0.3, 0.4) is 0 Å². The molecule has 0 aliphatic heterocycles. The fourth-order valence-electron chi connectivity index (χ4n) is 2.74. The number of hydrazine groups is 1. The minimum Gasteiger partial charge on any atom is -0.318 e. The number of imidazole rings is 1. The number of nitrogens with one attached hydrogen (secondary N) is 2. The van der Waals surface area contributed by atoms with Gasteiger partial charge in [0, 0.05) is 12.5 Å². The molecular weight excluding hydrogens is 399 g/mol. The van der Waals surface area contributed by atoms with Crippen LogP contribution >= 0.6 is 23.2 Å². The van der Waals surface area contributed by atoms with E-state index < -0.39 is 5.91 Å². The Kier molecular flexibility index (Phi) is 6.34. The minimum absolute atomic E-state index is 0.0494. The molecule has 1 heterocycles. The van der Waals surface area contributed by atoms with Gasteiger partial charge in [0.1, 0.15) is 12.4 Å².